The number of halogens is 10. The quantitative estimate of drug-likeness (QED) is 0.0944. The van der Waals surface area contributed by atoms with Crippen molar-refractivity contribution in [3.05, 3.63) is 70.8 Å². The molecule has 0 atom stereocenters. The van der Waals surface area contributed by atoms with Crippen LogP contribution >= 0.6 is 85.4 Å². The Balaban J connectivity index is 0.000000384. The molecule has 72 heavy (non-hydrogen) atoms. The molecule has 0 N–H and O–H groups in total. The van der Waals surface area contributed by atoms with Crippen LogP contribution in [0.25, 0.3) is 0 Å². The van der Waals surface area contributed by atoms with Gasteiger partial charge in [-0.3, -0.25) is 0 Å². The van der Waals surface area contributed by atoms with Crippen molar-refractivity contribution in [3.8, 4) is 11.5 Å². The van der Waals surface area contributed by atoms with Crippen LogP contribution in [0.15, 0.2) is 48.6 Å². The summed E-state index contributed by atoms with van der Waals surface area (Å²) in [5.41, 5.74) is 9.37. The zero-order valence-corrected chi connectivity index (χ0v) is 51.7. The predicted molar refractivity (Wildman–Crippen MR) is 308 cm³/mol. The summed E-state index contributed by atoms with van der Waals surface area (Å²) in [6.07, 6.45) is 41.1. The standard InChI is InChI=1S/C47H70O2P2.C7H8.2CHCl3.BF4.Rh/c1-33-27-39-43(41(29-33)50(35-19-11-7-12-20-35)36-21-13-8-14-22-36)48-47(31-45(39,3)4)32-46(5,6)40-28-34(2)30-42(44(40)49-47)51(37-23-15-9-16-24-37)38-25-17-10-18-26-38;1-2-7-4-3-6(1)5-7;2*2-1(3)4;2-1(3,4)5;/h27-30,35-38H,7-26,31-32H2,1-6H3;1-4,6-7H,5H2;2*1H;;/q;;;;-1;/p+2. The molecule has 2 heterocycles. The Labute approximate surface area is 477 Å². The van der Waals surface area contributed by atoms with E-state index in [0.29, 0.717) is 0 Å². The number of hydrogen-bond donors (Lipinski definition) is 0. The van der Waals surface area contributed by atoms with Crippen LogP contribution in [0, 0.1) is 25.7 Å². The third-order valence-electron chi connectivity index (χ3n) is 16.5. The number of aryl methyl sites for hydroxylation is 2. The smallest absolute Gasteiger partial charge is 0.448 e. The average molecular weight is 1250 g/mol. The molecule has 0 aromatic heterocycles. The minimum absolute atomic E-state index is 0. The normalized spacial score (nSPS) is 24.3. The first-order valence-electron chi connectivity index (χ1n) is 27.0. The van der Waals surface area contributed by atoms with Crippen LogP contribution < -0.4 is 20.1 Å². The van der Waals surface area contributed by atoms with Crippen molar-refractivity contribution < 1.29 is 46.2 Å². The number of allylic oxidation sites excluding steroid dienone is 4. The Bertz CT molecular complexity index is 1870. The Kier molecular flexibility index (Phi) is 25.2. The number of hydrogen-bond acceptors (Lipinski definition) is 2. The summed E-state index contributed by atoms with van der Waals surface area (Å²) in [5.74, 6) is 3.55. The first kappa shape index (κ1) is 63.4. The second kappa shape index (κ2) is 28.6. The van der Waals surface area contributed by atoms with Crippen molar-refractivity contribution in [1.82, 2.24) is 0 Å². The molecule has 0 amide bonds. The maximum atomic E-state index is 9.75. The molecule has 6 aliphatic carbocycles. The summed E-state index contributed by atoms with van der Waals surface area (Å²) in [7, 11) is -7.62. The summed E-state index contributed by atoms with van der Waals surface area (Å²) in [4.78, 5) is 0. The Hall–Kier alpha value is 0.528. The Morgan fingerprint density at radius 3 is 0.958 bits per heavy atom. The van der Waals surface area contributed by atoms with E-state index in [4.69, 9.17) is 79.1 Å². The summed E-state index contributed by atoms with van der Waals surface area (Å²) in [6, 6.07) is 10.3. The fourth-order valence-corrected chi connectivity index (χ4v) is 22.8. The van der Waals surface area contributed by atoms with Gasteiger partial charge in [0, 0.05) is 70.1 Å². The number of fused-ring (bicyclic) bond motifs is 4. The van der Waals surface area contributed by atoms with Gasteiger partial charge in [-0.25, -0.2) is 0 Å². The van der Waals surface area contributed by atoms with Crippen LogP contribution in [-0.4, -0.2) is 44.3 Å². The van der Waals surface area contributed by atoms with Crippen LogP contribution in [0.4, 0.5) is 17.3 Å². The Morgan fingerprint density at radius 2 is 0.736 bits per heavy atom. The summed E-state index contributed by atoms with van der Waals surface area (Å²) < 4.78 is 53.1. The SMILES string of the molecule is C1=CC2C=CC1C2.Cc1cc([PH+](C2CCCCC2)C2CCCCC2)c2c(c1)C(C)(C)CC1(CC(C)(C)c3cc(C)cc([PH+](C4CCCCC4)C4CCCCC4)c3O1)O2.ClC(Cl)Cl.ClC(Cl)Cl.F[B-](F)(F)F.[Rh]. The van der Waals surface area contributed by atoms with Gasteiger partial charge in [0.2, 0.25) is 0 Å². The van der Waals surface area contributed by atoms with E-state index < -0.39 is 37.5 Å². The van der Waals surface area contributed by atoms with Gasteiger partial charge in [0.05, 0.1) is 22.6 Å². The third kappa shape index (κ3) is 18.3. The van der Waals surface area contributed by atoms with Gasteiger partial charge in [0.1, 0.15) is 10.6 Å². The molecule has 1 spiro atoms. The molecule has 16 heteroatoms. The maximum absolute atomic E-state index is 9.75. The largest absolute Gasteiger partial charge is 0.673 e. The van der Waals surface area contributed by atoms with Crippen molar-refractivity contribution in [3.63, 3.8) is 0 Å². The van der Waals surface area contributed by atoms with Gasteiger partial charge in [-0.15, -0.1) is 0 Å². The fourth-order valence-electron chi connectivity index (χ4n) is 13.9. The maximum Gasteiger partial charge on any atom is 0.673 e. The number of rotatable bonds is 6. The van der Waals surface area contributed by atoms with Crippen molar-refractivity contribution in [2.24, 2.45) is 11.8 Å². The molecule has 409 valence electrons. The summed E-state index contributed by atoms with van der Waals surface area (Å²) in [5, 5.41) is 3.32. The molecule has 1 radical (unpaired) electrons. The molecule has 0 saturated heterocycles. The van der Waals surface area contributed by atoms with Gasteiger partial charge < -0.3 is 26.7 Å². The van der Waals surface area contributed by atoms with E-state index in [1.807, 2.05) is 0 Å². The number of alkyl halides is 6. The van der Waals surface area contributed by atoms with Crippen LogP contribution in [-0.2, 0) is 30.3 Å². The Morgan fingerprint density at radius 1 is 0.486 bits per heavy atom. The average Bonchev–Trinajstić information content (AvgIpc) is 3.95. The second-order valence-corrected chi connectivity index (χ2v) is 33.3. The van der Waals surface area contributed by atoms with E-state index in [-0.39, 0.29) is 30.3 Å². The summed E-state index contributed by atoms with van der Waals surface area (Å²) in [6.45, 7) is 14.8. The molecule has 0 unspecified atom stereocenters. The van der Waals surface area contributed by atoms with E-state index in [1.165, 1.54) is 169 Å². The third-order valence-corrected chi connectivity index (χ3v) is 24.3. The number of benzene rings is 2. The van der Waals surface area contributed by atoms with Crippen LogP contribution in [0.5, 0.6) is 11.5 Å². The van der Waals surface area contributed by atoms with E-state index >= 15 is 0 Å². The molecule has 2 nitrogen and oxygen atoms in total. The predicted octanol–water partition coefficient (Wildman–Crippen LogP) is 19.8. The first-order valence-corrected chi connectivity index (χ1v) is 32.9. The van der Waals surface area contributed by atoms with Crippen LogP contribution in [0.1, 0.15) is 198 Å². The van der Waals surface area contributed by atoms with Gasteiger partial charge in [0.15, 0.2) is 20.1 Å². The van der Waals surface area contributed by atoms with Gasteiger partial charge in [0.25, 0.3) is 5.79 Å². The molecule has 10 rings (SSSR count). The van der Waals surface area contributed by atoms with Gasteiger partial charge in [-0.05, 0) is 158 Å². The topological polar surface area (TPSA) is 18.5 Å². The van der Waals surface area contributed by atoms with Crippen molar-refractivity contribution in [2.75, 3.05) is 0 Å². The molecule has 4 fully saturated rings. The van der Waals surface area contributed by atoms with Crippen LogP contribution in [0.3, 0.4) is 0 Å². The van der Waals surface area contributed by atoms with E-state index in [2.05, 4.69) is 90.1 Å². The van der Waals surface area contributed by atoms with Crippen LogP contribution in [0.2, 0.25) is 0 Å². The molecule has 2 aromatic carbocycles. The van der Waals surface area contributed by atoms with Crippen molar-refractivity contribution >= 4 is 103 Å². The van der Waals surface area contributed by atoms with Gasteiger partial charge in [-0.1, -0.05) is 159 Å². The van der Waals surface area contributed by atoms with Crippen molar-refractivity contribution in [1.29, 1.82) is 0 Å². The number of ether oxygens (including phenoxy) is 2. The first-order chi connectivity index (χ1) is 33.4. The molecular weight excluding hydrogens is 1170 g/mol. The monoisotopic (exact) mass is 1250 g/mol. The van der Waals surface area contributed by atoms with Crippen molar-refractivity contribution in [2.45, 2.75) is 237 Å². The fraction of sp³-hybridized carbons (Fsp3) is 0.714. The zero-order valence-electron chi connectivity index (χ0n) is 43.5. The van der Waals surface area contributed by atoms with E-state index in [0.717, 1.165) is 47.3 Å². The molecular formula is C56H82BCl6F4O2P2Rh+. The van der Waals surface area contributed by atoms with Gasteiger partial charge in [-0.2, -0.15) is 0 Å². The van der Waals surface area contributed by atoms with Gasteiger partial charge >= 0.3 is 7.25 Å². The second-order valence-electron chi connectivity index (χ2n) is 23.2. The minimum atomic E-state index is -6.00. The van der Waals surface area contributed by atoms with E-state index in [9.17, 15) is 17.3 Å². The molecule has 2 bridgehead atoms. The zero-order chi connectivity index (χ0) is 51.7. The minimum Gasteiger partial charge on any atom is -0.448 e. The molecule has 2 aromatic rings. The molecule has 2 aliphatic heterocycles. The molecule has 4 saturated carbocycles. The van der Waals surface area contributed by atoms with E-state index in [1.54, 1.807) is 10.6 Å². The summed E-state index contributed by atoms with van der Waals surface area (Å²) >= 11 is 28.8. The molecule has 8 aliphatic rings.